The monoisotopic (exact) mass is 284 g/mol. The highest BCUT2D eigenvalue weighted by Gasteiger charge is 2.36. The summed E-state index contributed by atoms with van der Waals surface area (Å²) in [7, 11) is -2.60. The molecule has 0 saturated carbocycles. The number of hydrogen-bond donors (Lipinski definition) is 0. The predicted octanol–water partition coefficient (Wildman–Crippen LogP) is 5.46. The van der Waals surface area contributed by atoms with Crippen molar-refractivity contribution in [1.82, 2.24) is 0 Å². The van der Waals surface area contributed by atoms with E-state index in [4.69, 9.17) is 4.43 Å². The van der Waals surface area contributed by atoms with Crippen LogP contribution in [0.25, 0.3) is 0 Å². The summed E-state index contributed by atoms with van der Waals surface area (Å²) >= 11 is 0. The van der Waals surface area contributed by atoms with E-state index in [9.17, 15) is 0 Å². The first-order chi connectivity index (χ1) is 7.85. The van der Waals surface area contributed by atoms with Gasteiger partial charge >= 0.3 is 0 Å². The molecule has 0 rings (SSSR count). The quantitative estimate of drug-likeness (QED) is 0.465. The minimum absolute atomic E-state index is 0.273. The van der Waals surface area contributed by atoms with E-state index in [0.29, 0.717) is 6.61 Å². The fraction of sp³-hybridized carbons (Fsp3) is 0.733. The summed E-state index contributed by atoms with van der Waals surface area (Å²) < 4.78 is 6.14. The van der Waals surface area contributed by atoms with Gasteiger partial charge in [0, 0.05) is 8.07 Å². The molecule has 0 N–H and O–H groups in total. The molecule has 0 saturated heterocycles. The highest BCUT2D eigenvalue weighted by Crippen LogP contribution is 2.36. The van der Waals surface area contributed by atoms with Crippen LogP contribution in [0.4, 0.5) is 0 Å². The molecule has 1 nitrogen and oxygen atoms in total. The van der Waals surface area contributed by atoms with Crippen molar-refractivity contribution >= 4 is 16.4 Å². The first kappa shape index (κ1) is 17.9. The highest BCUT2D eigenvalue weighted by molar-refractivity contribution is 6.76. The Morgan fingerprint density at radius 3 is 2.00 bits per heavy atom. The molecule has 106 valence electrons. The summed E-state index contributed by atoms with van der Waals surface area (Å²) in [6, 6.07) is 1.21. The van der Waals surface area contributed by atoms with Crippen LogP contribution in [0.1, 0.15) is 20.8 Å². The molecule has 0 atom stereocenters. The maximum Gasteiger partial charge on any atom is 0.192 e. The van der Waals surface area contributed by atoms with Gasteiger partial charge in [-0.2, -0.15) is 0 Å². The Morgan fingerprint density at radius 2 is 1.61 bits per heavy atom. The van der Waals surface area contributed by atoms with Gasteiger partial charge in [-0.3, -0.25) is 0 Å². The van der Waals surface area contributed by atoms with E-state index in [-0.39, 0.29) is 5.04 Å². The first-order valence-electron chi connectivity index (χ1n) is 6.83. The van der Waals surface area contributed by atoms with Crippen molar-refractivity contribution in [2.45, 2.75) is 64.6 Å². The Bertz CT molecular complexity index is 303. The molecular formula is C15H32OSi2. The van der Waals surface area contributed by atoms with Gasteiger partial charge in [0.05, 0.1) is 6.61 Å². The first-order valence-corrected chi connectivity index (χ1v) is 13.4. The molecule has 0 aliphatic rings. The fourth-order valence-corrected chi connectivity index (χ4v) is 2.92. The molecule has 0 heterocycles. The summed E-state index contributed by atoms with van der Waals surface area (Å²) in [6.45, 7) is 23.3. The zero-order valence-electron chi connectivity index (χ0n) is 13.7. The molecule has 0 aliphatic carbocycles. The van der Waals surface area contributed by atoms with Crippen LogP contribution in [0.2, 0.25) is 43.8 Å². The largest absolute Gasteiger partial charge is 0.413 e. The molecule has 0 aromatic carbocycles. The van der Waals surface area contributed by atoms with Crippen LogP contribution >= 0.6 is 0 Å². The lowest BCUT2D eigenvalue weighted by Crippen LogP contribution is -2.41. The predicted molar refractivity (Wildman–Crippen MR) is 89.6 cm³/mol. The zero-order chi connectivity index (χ0) is 14.6. The van der Waals surface area contributed by atoms with Gasteiger partial charge in [-0.05, 0) is 29.7 Å². The Balaban J connectivity index is 4.21. The normalized spacial score (nSPS) is 14.2. The van der Waals surface area contributed by atoms with Crippen molar-refractivity contribution in [1.29, 1.82) is 0 Å². The molecular weight excluding hydrogens is 252 g/mol. The van der Waals surface area contributed by atoms with Crippen LogP contribution in [0, 0.1) is 0 Å². The Labute approximate surface area is 116 Å². The molecule has 0 aromatic rings. The van der Waals surface area contributed by atoms with Gasteiger partial charge in [0.15, 0.2) is 8.32 Å². The fourth-order valence-electron chi connectivity index (χ4n) is 1.12. The third-order valence-electron chi connectivity index (χ3n) is 3.51. The van der Waals surface area contributed by atoms with E-state index in [1.54, 1.807) is 0 Å². The minimum atomic E-state index is -1.63. The van der Waals surface area contributed by atoms with Gasteiger partial charge in [-0.25, -0.2) is 0 Å². The third-order valence-corrected chi connectivity index (χ3v) is 9.45. The van der Waals surface area contributed by atoms with Crippen LogP contribution in [0.5, 0.6) is 0 Å². The molecule has 0 amide bonds. The molecule has 0 spiro atoms. The summed E-state index contributed by atoms with van der Waals surface area (Å²) in [5.41, 5.74) is 1.10. The summed E-state index contributed by atoms with van der Waals surface area (Å²) in [4.78, 5) is 0. The number of hydrogen-bond acceptors (Lipinski definition) is 1. The van der Waals surface area contributed by atoms with E-state index in [0.717, 1.165) is 5.57 Å². The van der Waals surface area contributed by atoms with Crippen LogP contribution in [-0.4, -0.2) is 23.0 Å². The average Bonchev–Trinajstić information content (AvgIpc) is 2.11. The SMILES string of the molecule is C=C(/C=C/C[Si](C)(C)C)CO[Si](C)(C)C(C)(C)C. The molecule has 3 heteroatoms. The molecule has 0 aromatic heterocycles. The lowest BCUT2D eigenvalue weighted by Gasteiger charge is -2.36. The second-order valence-electron chi connectivity index (χ2n) is 7.87. The van der Waals surface area contributed by atoms with E-state index in [1.807, 2.05) is 0 Å². The molecule has 0 fully saturated rings. The van der Waals surface area contributed by atoms with E-state index < -0.39 is 16.4 Å². The molecule has 0 radical (unpaired) electrons. The molecule has 0 unspecified atom stereocenters. The van der Waals surface area contributed by atoms with Gasteiger partial charge in [0.1, 0.15) is 0 Å². The number of allylic oxidation sites excluding steroid dienone is 1. The molecule has 0 aliphatic heterocycles. The molecule has 0 bridgehead atoms. The summed E-state index contributed by atoms with van der Waals surface area (Å²) in [5.74, 6) is 0. The van der Waals surface area contributed by atoms with Crippen molar-refractivity contribution in [3.63, 3.8) is 0 Å². The number of rotatable bonds is 6. The highest BCUT2D eigenvalue weighted by atomic mass is 28.4. The van der Waals surface area contributed by atoms with Gasteiger partial charge in [-0.15, -0.1) is 0 Å². The van der Waals surface area contributed by atoms with Crippen LogP contribution in [0.3, 0.4) is 0 Å². The second-order valence-corrected chi connectivity index (χ2v) is 18.2. The maximum absolute atomic E-state index is 6.14. The maximum atomic E-state index is 6.14. The summed E-state index contributed by atoms with van der Waals surface area (Å²) in [5, 5.41) is 0.273. The standard InChI is InChI=1S/C15H32OSi2/c1-14(11-10-12-17(5,6)7)13-16-18(8,9)15(2,3)4/h10-11H,1,12-13H2,2-9H3/b11-10+. The van der Waals surface area contributed by atoms with E-state index >= 15 is 0 Å². The van der Waals surface area contributed by atoms with Gasteiger partial charge in [0.25, 0.3) is 0 Å². The average molecular weight is 285 g/mol. The van der Waals surface area contributed by atoms with E-state index in [2.05, 4.69) is 72.2 Å². The topological polar surface area (TPSA) is 9.23 Å². The van der Waals surface area contributed by atoms with Crippen LogP contribution in [0.15, 0.2) is 24.3 Å². The van der Waals surface area contributed by atoms with Gasteiger partial charge in [0.2, 0.25) is 0 Å². The van der Waals surface area contributed by atoms with Crippen molar-refractivity contribution in [2.75, 3.05) is 6.61 Å². The van der Waals surface area contributed by atoms with Crippen molar-refractivity contribution in [3.05, 3.63) is 24.3 Å². The Morgan fingerprint density at radius 1 is 1.11 bits per heavy atom. The van der Waals surface area contributed by atoms with Crippen LogP contribution < -0.4 is 0 Å². The second kappa shape index (κ2) is 6.35. The Hall–Kier alpha value is -0.126. The zero-order valence-corrected chi connectivity index (χ0v) is 15.7. The molecule has 18 heavy (non-hydrogen) atoms. The lowest BCUT2D eigenvalue weighted by molar-refractivity contribution is 0.322. The van der Waals surface area contributed by atoms with Gasteiger partial charge in [-0.1, -0.05) is 59.1 Å². The van der Waals surface area contributed by atoms with Crippen molar-refractivity contribution in [2.24, 2.45) is 0 Å². The minimum Gasteiger partial charge on any atom is -0.413 e. The van der Waals surface area contributed by atoms with E-state index in [1.165, 1.54) is 6.04 Å². The summed E-state index contributed by atoms with van der Waals surface area (Å²) in [6.07, 6.45) is 4.41. The van der Waals surface area contributed by atoms with Crippen molar-refractivity contribution in [3.8, 4) is 0 Å². The van der Waals surface area contributed by atoms with Crippen molar-refractivity contribution < 1.29 is 4.43 Å². The Kier molecular flexibility index (Phi) is 6.31. The third kappa shape index (κ3) is 7.34. The lowest BCUT2D eigenvalue weighted by atomic mass is 10.2. The smallest absolute Gasteiger partial charge is 0.192 e. The van der Waals surface area contributed by atoms with Gasteiger partial charge < -0.3 is 4.43 Å². The van der Waals surface area contributed by atoms with Crippen LogP contribution in [-0.2, 0) is 4.43 Å².